The van der Waals surface area contributed by atoms with Crippen molar-refractivity contribution in [3.63, 3.8) is 0 Å². The molecule has 2 aromatic rings. The lowest BCUT2D eigenvalue weighted by Gasteiger charge is -2.21. The van der Waals surface area contributed by atoms with E-state index in [0.717, 1.165) is 16.7 Å². The van der Waals surface area contributed by atoms with E-state index in [0.29, 0.717) is 18.5 Å². The number of imide groups is 1. The lowest BCUT2D eigenvalue weighted by atomic mass is 9.89. The monoisotopic (exact) mass is 427 g/mol. The zero-order valence-corrected chi connectivity index (χ0v) is 17.2. The molecule has 1 fully saturated rings. The van der Waals surface area contributed by atoms with Crippen LogP contribution in [0.4, 0.5) is 5.69 Å². The van der Waals surface area contributed by atoms with Crippen LogP contribution in [0.2, 0.25) is 0 Å². The number of carbonyl (C=O) groups excluding carboxylic acids is 3. The zero-order valence-electron chi connectivity index (χ0n) is 16.3. The standard InChI is InChI=1S/C21H21N3O5S/c1-13(25)22-17-4-6-18(7-5-17)30(28,29)24-11-15-3-2-14(10-16(15)12-24)19-8-9-20(26)23-21(19)27/h2-7,10,19H,8-9,11-12H2,1H3,(H,22,25)(H,23,26,27). The summed E-state index contributed by atoms with van der Waals surface area (Å²) in [4.78, 5) is 34.8. The maximum Gasteiger partial charge on any atom is 0.243 e. The van der Waals surface area contributed by atoms with Crippen molar-refractivity contribution in [3.8, 4) is 0 Å². The molecule has 0 aromatic heterocycles. The maximum atomic E-state index is 13.0. The van der Waals surface area contributed by atoms with E-state index in [2.05, 4.69) is 10.6 Å². The van der Waals surface area contributed by atoms with Gasteiger partial charge in [0.15, 0.2) is 0 Å². The molecule has 0 radical (unpaired) electrons. The number of sulfonamides is 1. The van der Waals surface area contributed by atoms with Crippen molar-refractivity contribution in [2.24, 2.45) is 0 Å². The first-order valence-corrected chi connectivity index (χ1v) is 11.0. The summed E-state index contributed by atoms with van der Waals surface area (Å²) in [5, 5.41) is 4.97. The molecule has 4 rings (SSSR count). The number of carbonyl (C=O) groups is 3. The first-order chi connectivity index (χ1) is 14.2. The molecule has 0 bridgehead atoms. The molecule has 30 heavy (non-hydrogen) atoms. The van der Waals surface area contributed by atoms with Gasteiger partial charge in [0.05, 0.1) is 10.8 Å². The Bertz CT molecular complexity index is 1140. The molecule has 0 spiro atoms. The van der Waals surface area contributed by atoms with E-state index in [1.54, 1.807) is 12.1 Å². The van der Waals surface area contributed by atoms with Crippen molar-refractivity contribution in [2.45, 2.75) is 43.7 Å². The number of piperidine rings is 1. The Kier molecular flexibility index (Phi) is 5.17. The molecule has 2 heterocycles. The molecule has 8 nitrogen and oxygen atoms in total. The smallest absolute Gasteiger partial charge is 0.243 e. The predicted molar refractivity (Wildman–Crippen MR) is 109 cm³/mol. The highest BCUT2D eigenvalue weighted by Gasteiger charge is 2.33. The van der Waals surface area contributed by atoms with E-state index < -0.39 is 15.9 Å². The summed E-state index contributed by atoms with van der Waals surface area (Å²) in [5.74, 6) is -1.21. The molecule has 1 atom stereocenters. The predicted octanol–water partition coefficient (Wildman–Crippen LogP) is 1.87. The van der Waals surface area contributed by atoms with Crippen molar-refractivity contribution < 1.29 is 22.8 Å². The molecule has 1 unspecified atom stereocenters. The van der Waals surface area contributed by atoms with Crippen molar-refractivity contribution >= 4 is 33.4 Å². The minimum Gasteiger partial charge on any atom is -0.326 e. The summed E-state index contributed by atoms with van der Waals surface area (Å²) < 4.78 is 27.5. The fourth-order valence-corrected chi connectivity index (χ4v) is 5.24. The quantitative estimate of drug-likeness (QED) is 0.724. The summed E-state index contributed by atoms with van der Waals surface area (Å²) in [6.45, 7) is 1.85. The average molecular weight is 427 g/mol. The number of fused-ring (bicyclic) bond motifs is 1. The number of rotatable bonds is 4. The van der Waals surface area contributed by atoms with Crippen LogP contribution in [0.5, 0.6) is 0 Å². The molecule has 3 amide bonds. The van der Waals surface area contributed by atoms with E-state index in [4.69, 9.17) is 0 Å². The third kappa shape index (κ3) is 3.86. The molecule has 9 heteroatoms. The SMILES string of the molecule is CC(=O)Nc1ccc(S(=O)(=O)N2Cc3ccc(C4CCC(=O)NC4=O)cc3C2)cc1. The minimum atomic E-state index is -3.71. The van der Waals surface area contributed by atoms with Gasteiger partial charge in [-0.2, -0.15) is 4.31 Å². The van der Waals surface area contributed by atoms with Crippen LogP contribution in [0, 0.1) is 0 Å². The minimum absolute atomic E-state index is 0.148. The zero-order chi connectivity index (χ0) is 21.5. The molecule has 0 saturated carbocycles. The number of hydrogen-bond acceptors (Lipinski definition) is 5. The highest BCUT2D eigenvalue weighted by Crippen LogP contribution is 2.33. The molecule has 156 valence electrons. The summed E-state index contributed by atoms with van der Waals surface area (Å²) in [6, 6.07) is 11.6. The van der Waals surface area contributed by atoms with Gasteiger partial charge >= 0.3 is 0 Å². The summed E-state index contributed by atoms with van der Waals surface area (Å²) in [5.41, 5.74) is 3.07. The Labute approximate surface area is 174 Å². The Hall–Kier alpha value is -3.04. The molecular weight excluding hydrogens is 406 g/mol. The number of hydrogen-bond donors (Lipinski definition) is 2. The summed E-state index contributed by atoms with van der Waals surface area (Å²) in [6.07, 6.45) is 0.745. The van der Waals surface area contributed by atoms with E-state index >= 15 is 0 Å². The van der Waals surface area contributed by atoms with Crippen LogP contribution in [0.3, 0.4) is 0 Å². The molecule has 2 aliphatic rings. The van der Waals surface area contributed by atoms with Crippen molar-refractivity contribution in [1.29, 1.82) is 0 Å². The van der Waals surface area contributed by atoms with Crippen LogP contribution in [-0.4, -0.2) is 30.4 Å². The second kappa shape index (κ2) is 7.66. The van der Waals surface area contributed by atoms with Gasteiger partial charge in [-0.05, 0) is 47.4 Å². The van der Waals surface area contributed by atoms with Crippen LogP contribution >= 0.6 is 0 Å². The van der Waals surface area contributed by atoms with Crippen LogP contribution in [0.25, 0.3) is 0 Å². The average Bonchev–Trinajstić information content (AvgIpc) is 3.12. The first kappa shape index (κ1) is 20.2. The second-order valence-corrected chi connectivity index (χ2v) is 9.45. The second-order valence-electron chi connectivity index (χ2n) is 7.51. The van der Waals surface area contributed by atoms with Gasteiger partial charge < -0.3 is 5.32 Å². The van der Waals surface area contributed by atoms with Crippen LogP contribution in [-0.2, 0) is 37.5 Å². The van der Waals surface area contributed by atoms with Crippen molar-refractivity contribution in [3.05, 3.63) is 59.2 Å². The summed E-state index contributed by atoms with van der Waals surface area (Å²) >= 11 is 0. The molecule has 1 saturated heterocycles. The number of nitrogens with one attached hydrogen (secondary N) is 2. The topological polar surface area (TPSA) is 113 Å². The fourth-order valence-electron chi connectivity index (χ4n) is 3.84. The summed E-state index contributed by atoms with van der Waals surface area (Å²) in [7, 11) is -3.71. The molecule has 2 aliphatic heterocycles. The molecule has 0 aliphatic carbocycles. The Morgan fingerprint density at radius 1 is 1.07 bits per heavy atom. The van der Waals surface area contributed by atoms with Crippen molar-refractivity contribution in [2.75, 3.05) is 5.32 Å². The first-order valence-electron chi connectivity index (χ1n) is 9.57. The Morgan fingerprint density at radius 3 is 2.43 bits per heavy atom. The fraction of sp³-hybridized carbons (Fsp3) is 0.286. The largest absolute Gasteiger partial charge is 0.326 e. The van der Waals surface area contributed by atoms with E-state index in [-0.39, 0.29) is 35.7 Å². The van der Waals surface area contributed by atoms with E-state index in [1.165, 1.54) is 23.4 Å². The number of nitrogens with zero attached hydrogens (tertiary/aromatic N) is 1. The number of anilines is 1. The molecule has 2 N–H and O–H groups in total. The van der Waals surface area contributed by atoms with Gasteiger partial charge in [0.2, 0.25) is 27.7 Å². The Morgan fingerprint density at radius 2 is 1.77 bits per heavy atom. The maximum absolute atomic E-state index is 13.0. The molecule has 2 aromatic carbocycles. The van der Waals surface area contributed by atoms with Gasteiger partial charge in [0.25, 0.3) is 0 Å². The van der Waals surface area contributed by atoms with Crippen LogP contribution in [0.15, 0.2) is 47.4 Å². The normalized spacial score (nSPS) is 19.3. The van der Waals surface area contributed by atoms with Gasteiger partial charge in [0, 0.05) is 32.1 Å². The van der Waals surface area contributed by atoms with Gasteiger partial charge in [0.1, 0.15) is 0 Å². The van der Waals surface area contributed by atoms with Gasteiger partial charge in [-0.3, -0.25) is 19.7 Å². The number of amides is 3. The third-order valence-electron chi connectivity index (χ3n) is 5.38. The van der Waals surface area contributed by atoms with Gasteiger partial charge in [-0.1, -0.05) is 18.2 Å². The highest BCUT2D eigenvalue weighted by molar-refractivity contribution is 7.89. The van der Waals surface area contributed by atoms with Crippen molar-refractivity contribution in [1.82, 2.24) is 9.62 Å². The lowest BCUT2D eigenvalue weighted by molar-refractivity contribution is -0.134. The van der Waals surface area contributed by atoms with Crippen LogP contribution in [0.1, 0.15) is 42.4 Å². The van der Waals surface area contributed by atoms with E-state index in [9.17, 15) is 22.8 Å². The lowest BCUT2D eigenvalue weighted by Crippen LogP contribution is -2.39. The van der Waals surface area contributed by atoms with Gasteiger partial charge in [-0.25, -0.2) is 8.42 Å². The Balaban J connectivity index is 1.53. The number of benzene rings is 2. The van der Waals surface area contributed by atoms with E-state index in [1.807, 2.05) is 18.2 Å². The molecular formula is C21H21N3O5S. The van der Waals surface area contributed by atoms with Crippen LogP contribution < -0.4 is 10.6 Å². The third-order valence-corrected chi connectivity index (χ3v) is 7.18. The van der Waals surface area contributed by atoms with Gasteiger partial charge in [-0.15, -0.1) is 0 Å². The highest BCUT2D eigenvalue weighted by atomic mass is 32.2.